The maximum atomic E-state index is 10.8. The van der Waals surface area contributed by atoms with Gasteiger partial charge in [0.15, 0.2) is 0 Å². The lowest BCUT2D eigenvalue weighted by Crippen LogP contribution is -2.48. The minimum Gasteiger partial charge on any atom is -0.480 e. The van der Waals surface area contributed by atoms with Gasteiger partial charge in [0.25, 0.3) is 0 Å². The van der Waals surface area contributed by atoms with Crippen LogP contribution in [0, 0.1) is 0 Å². The van der Waals surface area contributed by atoms with Crippen molar-refractivity contribution in [3.63, 3.8) is 0 Å². The Kier molecular flexibility index (Phi) is 3.79. The molecule has 1 aromatic heterocycles. The van der Waals surface area contributed by atoms with Gasteiger partial charge < -0.3 is 14.6 Å². The van der Waals surface area contributed by atoms with E-state index in [9.17, 15) is 4.79 Å². The van der Waals surface area contributed by atoms with E-state index in [0.717, 1.165) is 49.7 Å². The van der Waals surface area contributed by atoms with Crippen LogP contribution >= 0.6 is 0 Å². The molecule has 1 aliphatic rings. The summed E-state index contributed by atoms with van der Waals surface area (Å²) in [6, 6.07) is 8.16. The van der Waals surface area contributed by atoms with Gasteiger partial charge in [0.1, 0.15) is 0 Å². The third-order valence-electron chi connectivity index (χ3n) is 3.96. The summed E-state index contributed by atoms with van der Waals surface area (Å²) in [6.45, 7) is 6.28. The minimum absolute atomic E-state index is 0.123. The van der Waals surface area contributed by atoms with Crippen molar-refractivity contribution < 1.29 is 9.90 Å². The zero-order valence-electron chi connectivity index (χ0n) is 12.2. The zero-order chi connectivity index (χ0) is 14.8. The van der Waals surface area contributed by atoms with Crippen LogP contribution in [0.4, 0.5) is 5.95 Å². The van der Waals surface area contributed by atoms with E-state index in [4.69, 9.17) is 10.1 Å². The number of aliphatic carboxylic acids is 1. The van der Waals surface area contributed by atoms with Gasteiger partial charge in [-0.05, 0) is 19.1 Å². The summed E-state index contributed by atoms with van der Waals surface area (Å²) in [6.07, 6.45) is 0. The number of hydrogen-bond donors (Lipinski definition) is 1. The third-order valence-corrected chi connectivity index (χ3v) is 3.96. The van der Waals surface area contributed by atoms with E-state index in [1.165, 1.54) is 0 Å². The van der Waals surface area contributed by atoms with E-state index in [0.29, 0.717) is 0 Å². The first-order chi connectivity index (χ1) is 10.2. The van der Waals surface area contributed by atoms with Crippen molar-refractivity contribution in [2.45, 2.75) is 13.5 Å². The number of nitrogens with zero attached hydrogens (tertiary/aromatic N) is 4. The fourth-order valence-electron chi connectivity index (χ4n) is 2.91. The first-order valence-corrected chi connectivity index (χ1v) is 7.33. The van der Waals surface area contributed by atoms with Crippen LogP contribution in [0.2, 0.25) is 0 Å². The molecule has 0 atom stereocenters. The molecule has 0 bridgehead atoms. The van der Waals surface area contributed by atoms with Gasteiger partial charge in [-0.15, -0.1) is 0 Å². The number of hydrogen-bond acceptors (Lipinski definition) is 4. The average Bonchev–Trinajstić information content (AvgIpc) is 2.86. The normalized spacial score (nSPS) is 16.5. The summed E-state index contributed by atoms with van der Waals surface area (Å²) in [5.74, 6) is 0.234. The highest BCUT2D eigenvalue weighted by atomic mass is 16.4. The van der Waals surface area contributed by atoms with Crippen molar-refractivity contribution in [3.8, 4) is 0 Å². The van der Waals surface area contributed by atoms with Crippen molar-refractivity contribution in [2.75, 3.05) is 37.6 Å². The molecule has 0 amide bonds. The standard InChI is InChI=1S/C15H20N4O2/c1-2-19-13-6-4-3-5-12(13)16-15(19)18-9-7-17(8-10-18)11-14(20)21/h3-6H,2,7-11H2,1H3,(H,20,21). The topological polar surface area (TPSA) is 61.6 Å². The molecule has 2 aromatic rings. The molecule has 6 heteroatoms. The Hall–Kier alpha value is -2.08. The summed E-state index contributed by atoms with van der Waals surface area (Å²) in [5, 5.41) is 8.85. The fourth-order valence-corrected chi connectivity index (χ4v) is 2.91. The highest BCUT2D eigenvalue weighted by Gasteiger charge is 2.22. The summed E-state index contributed by atoms with van der Waals surface area (Å²) < 4.78 is 2.22. The van der Waals surface area contributed by atoms with E-state index in [-0.39, 0.29) is 6.54 Å². The Bertz CT molecular complexity index is 644. The lowest BCUT2D eigenvalue weighted by Gasteiger charge is -2.34. The SMILES string of the molecule is CCn1c(N2CCN(CC(=O)O)CC2)nc2ccccc21. The highest BCUT2D eigenvalue weighted by molar-refractivity contribution is 5.78. The number of benzene rings is 1. The Labute approximate surface area is 123 Å². The van der Waals surface area contributed by atoms with Gasteiger partial charge >= 0.3 is 5.97 Å². The summed E-state index contributed by atoms with van der Waals surface area (Å²) in [4.78, 5) is 19.7. The molecule has 1 aromatic carbocycles. The molecular formula is C15H20N4O2. The first-order valence-electron chi connectivity index (χ1n) is 7.33. The molecular weight excluding hydrogens is 268 g/mol. The quantitative estimate of drug-likeness (QED) is 0.918. The molecule has 1 aliphatic heterocycles. The number of piperazine rings is 1. The van der Waals surface area contributed by atoms with Gasteiger partial charge in [0.05, 0.1) is 17.6 Å². The van der Waals surface area contributed by atoms with Gasteiger partial charge in [-0.25, -0.2) is 4.98 Å². The maximum absolute atomic E-state index is 10.8. The van der Waals surface area contributed by atoms with Crippen LogP contribution in [0.15, 0.2) is 24.3 Å². The second-order valence-corrected chi connectivity index (χ2v) is 5.30. The van der Waals surface area contributed by atoms with Crippen molar-refractivity contribution >= 4 is 23.0 Å². The van der Waals surface area contributed by atoms with Gasteiger partial charge in [-0.3, -0.25) is 9.69 Å². The molecule has 1 fully saturated rings. The van der Waals surface area contributed by atoms with E-state index < -0.39 is 5.97 Å². The molecule has 1 saturated heterocycles. The molecule has 6 nitrogen and oxygen atoms in total. The fraction of sp³-hybridized carbons (Fsp3) is 0.467. The van der Waals surface area contributed by atoms with Crippen LogP contribution in [0.25, 0.3) is 11.0 Å². The highest BCUT2D eigenvalue weighted by Crippen LogP contribution is 2.23. The van der Waals surface area contributed by atoms with Crippen molar-refractivity contribution in [1.29, 1.82) is 0 Å². The maximum Gasteiger partial charge on any atom is 0.317 e. The first kappa shape index (κ1) is 13.9. The monoisotopic (exact) mass is 288 g/mol. The molecule has 2 heterocycles. The Balaban J connectivity index is 1.80. The molecule has 1 N–H and O–H groups in total. The number of carbonyl (C=O) groups is 1. The molecule has 0 radical (unpaired) electrons. The number of para-hydroxylation sites is 2. The van der Waals surface area contributed by atoms with Crippen molar-refractivity contribution in [2.24, 2.45) is 0 Å². The number of fused-ring (bicyclic) bond motifs is 1. The van der Waals surface area contributed by atoms with Crippen LogP contribution < -0.4 is 4.90 Å². The zero-order valence-corrected chi connectivity index (χ0v) is 12.2. The number of anilines is 1. The average molecular weight is 288 g/mol. The van der Waals surface area contributed by atoms with E-state index in [1.807, 2.05) is 23.1 Å². The van der Waals surface area contributed by atoms with E-state index >= 15 is 0 Å². The predicted octanol–water partition coefficient (Wildman–Crippen LogP) is 1.26. The Morgan fingerprint density at radius 2 is 1.95 bits per heavy atom. The Morgan fingerprint density at radius 3 is 2.62 bits per heavy atom. The second-order valence-electron chi connectivity index (χ2n) is 5.30. The van der Waals surface area contributed by atoms with E-state index in [2.05, 4.69) is 22.5 Å². The molecule has 112 valence electrons. The second kappa shape index (κ2) is 5.73. The van der Waals surface area contributed by atoms with Gasteiger partial charge in [-0.1, -0.05) is 12.1 Å². The summed E-state index contributed by atoms with van der Waals surface area (Å²) >= 11 is 0. The Morgan fingerprint density at radius 1 is 1.24 bits per heavy atom. The number of carboxylic acids is 1. The van der Waals surface area contributed by atoms with Gasteiger partial charge in [0.2, 0.25) is 5.95 Å². The van der Waals surface area contributed by atoms with Gasteiger partial charge in [-0.2, -0.15) is 0 Å². The number of aromatic nitrogens is 2. The number of rotatable bonds is 4. The predicted molar refractivity (Wildman–Crippen MR) is 81.7 cm³/mol. The minimum atomic E-state index is -0.760. The molecule has 0 saturated carbocycles. The lowest BCUT2D eigenvalue weighted by molar-refractivity contribution is -0.138. The van der Waals surface area contributed by atoms with Gasteiger partial charge in [0, 0.05) is 32.7 Å². The molecule has 0 unspecified atom stereocenters. The number of imidazole rings is 1. The molecule has 0 spiro atoms. The molecule has 0 aliphatic carbocycles. The van der Waals surface area contributed by atoms with Crippen LogP contribution in [0.5, 0.6) is 0 Å². The van der Waals surface area contributed by atoms with Crippen LogP contribution in [0.1, 0.15) is 6.92 Å². The third kappa shape index (κ3) is 2.71. The number of aryl methyl sites for hydroxylation is 1. The van der Waals surface area contributed by atoms with Crippen molar-refractivity contribution in [1.82, 2.24) is 14.5 Å². The van der Waals surface area contributed by atoms with E-state index in [1.54, 1.807) is 0 Å². The van der Waals surface area contributed by atoms with Crippen LogP contribution in [-0.4, -0.2) is 58.3 Å². The summed E-state index contributed by atoms with van der Waals surface area (Å²) in [5.41, 5.74) is 2.17. The van der Waals surface area contributed by atoms with Crippen LogP contribution in [-0.2, 0) is 11.3 Å². The smallest absolute Gasteiger partial charge is 0.317 e. The summed E-state index contributed by atoms with van der Waals surface area (Å²) in [7, 11) is 0. The lowest BCUT2D eigenvalue weighted by atomic mass is 10.3. The molecule has 21 heavy (non-hydrogen) atoms. The number of carboxylic acid groups (broad SMARTS) is 1. The largest absolute Gasteiger partial charge is 0.480 e. The van der Waals surface area contributed by atoms with Crippen molar-refractivity contribution in [3.05, 3.63) is 24.3 Å². The molecule has 3 rings (SSSR count). The van der Waals surface area contributed by atoms with Crippen LogP contribution in [0.3, 0.4) is 0 Å².